The average Bonchev–Trinajstić information content (AvgIpc) is 2.80. The van der Waals surface area contributed by atoms with Gasteiger partial charge in [0.15, 0.2) is 6.29 Å². The van der Waals surface area contributed by atoms with E-state index in [0.717, 1.165) is 22.5 Å². The van der Waals surface area contributed by atoms with Crippen LogP contribution in [0.25, 0.3) is 10.8 Å². The Balaban J connectivity index is 1.76. The van der Waals surface area contributed by atoms with E-state index in [1.165, 1.54) is 0 Å². The minimum atomic E-state index is -1.72. The summed E-state index contributed by atoms with van der Waals surface area (Å²) in [6.07, 6.45) is -6.59. The minimum absolute atomic E-state index is 0.0404. The number of ether oxygens (including phenoxy) is 1. The molecular formula is C22H20N4O5S. The number of allylic oxidation sites excluding steroid dienone is 2. The van der Waals surface area contributed by atoms with Crippen LogP contribution in [0.15, 0.2) is 64.5 Å². The second kappa shape index (κ2) is 8.81. The maximum absolute atomic E-state index is 10.3. The third-order valence-corrected chi connectivity index (χ3v) is 6.67. The number of benzene rings is 2. The third-order valence-electron chi connectivity index (χ3n) is 5.49. The highest BCUT2D eigenvalue weighted by Gasteiger charge is 2.44. The van der Waals surface area contributed by atoms with E-state index in [2.05, 4.69) is 17.5 Å². The van der Waals surface area contributed by atoms with Crippen LogP contribution in [0.4, 0.5) is 0 Å². The minimum Gasteiger partial charge on any atom is -0.387 e. The highest BCUT2D eigenvalue weighted by Crippen LogP contribution is 2.42. The van der Waals surface area contributed by atoms with Crippen LogP contribution in [0, 0.1) is 22.7 Å². The molecule has 10 heteroatoms. The molecule has 0 radical (unpaired) electrons. The second-order valence-corrected chi connectivity index (χ2v) is 8.55. The van der Waals surface area contributed by atoms with Crippen LogP contribution in [0.1, 0.15) is 11.5 Å². The molecule has 4 rings (SSSR count). The number of nitriles is 2. The fourth-order valence-corrected chi connectivity index (χ4v) is 4.95. The highest BCUT2D eigenvalue weighted by molar-refractivity contribution is 8.03. The van der Waals surface area contributed by atoms with E-state index in [9.17, 15) is 30.9 Å². The molecule has 7 N–H and O–H groups in total. The Morgan fingerprint density at radius 1 is 0.906 bits per heavy atom. The first-order chi connectivity index (χ1) is 15.3. The molecule has 2 aromatic carbocycles. The van der Waals surface area contributed by atoms with Gasteiger partial charge < -0.3 is 36.2 Å². The SMILES string of the molecule is N#CC1=C(N)NC(S[C@@H]2O[C@H](O)[C@H](O)[C@H](O)[C@H]2O)=C(C#N)C1c1ccc2ccccc2c1. The van der Waals surface area contributed by atoms with Crippen molar-refractivity contribution in [1.29, 1.82) is 10.5 Å². The molecule has 0 aliphatic carbocycles. The van der Waals surface area contributed by atoms with Gasteiger partial charge in [-0.3, -0.25) is 0 Å². The Labute approximate surface area is 187 Å². The van der Waals surface area contributed by atoms with Gasteiger partial charge in [0.2, 0.25) is 0 Å². The molecule has 2 aromatic rings. The maximum atomic E-state index is 10.3. The number of hydrogen-bond donors (Lipinski definition) is 6. The molecule has 1 saturated heterocycles. The summed E-state index contributed by atoms with van der Waals surface area (Å²) in [6, 6.07) is 17.4. The number of rotatable bonds is 3. The van der Waals surface area contributed by atoms with E-state index >= 15 is 0 Å². The zero-order valence-electron chi connectivity index (χ0n) is 16.6. The Bertz CT molecular complexity index is 1200. The first-order valence-corrected chi connectivity index (χ1v) is 10.6. The lowest BCUT2D eigenvalue weighted by Crippen LogP contribution is -2.56. The number of aliphatic hydroxyl groups excluding tert-OH is 4. The molecule has 6 atom stereocenters. The van der Waals surface area contributed by atoms with Crippen molar-refractivity contribution in [2.45, 2.75) is 36.0 Å². The number of fused-ring (bicyclic) bond motifs is 1. The van der Waals surface area contributed by atoms with Gasteiger partial charge in [0, 0.05) is 0 Å². The Morgan fingerprint density at radius 2 is 1.59 bits per heavy atom. The molecule has 0 saturated carbocycles. The number of nitrogens with one attached hydrogen (secondary N) is 1. The zero-order chi connectivity index (χ0) is 23.0. The van der Waals surface area contributed by atoms with Gasteiger partial charge in [-0.25, -0.2) is 0 Å². The van der Waals surface area contributed by atoms with Crippen molar-refractivity contribution in [2.24, 2.45) is 5.73 Å². The van der Waals surface area contributed by atoms with Crippen molar-refractivity contribution in [3.05, 3.63) is 70.0 Å². The number of nitrogens with zero attached hydrogens (tertiary/aromatic N) is 2. The van der Waals surface area contributed by atoms with E-state index in [1.54, 1.807) is 0 Å². The van der Waals surface area contributed by atoms with Gasteiger partial charge in [0.05, 0.1) is 34.2 Å². The van der Waals surface area contributed by atoms with Crippen LogP contribution < -0.4 is 11.1 Å². The Kier molecular flexibility index (Phi) is 6.09. The predicted molar refractivity (Wildman–Crippen MR) is 116 cm³/mol. The number of thioether (sulfide) groups is 1. The Morgan fingerprint density at radius 3 is 2.28 bits per heavy atom. The topological polar surface area (TPSA) is 176 Å². The van der Waals surface area contributed by atoms with Crippen LogP contribution in [-0.4, -0.2) is 50.5 Å². The number of aliphatic hydroxyl groups is 4. The summed E-state index contributed by atoms with van der Waals surface area (Å²) in [5.74, 6) is -0.724. The van der Waals surface area contributed by atoms with E-state index in [1.807, 2.05) is 42.5 Å². The predicted octanol–water partition coefficient (Wildman–Crippen LogP) is 0.446. The molecule has 0 amide bonds. The molecule has 164 valence electrons. The third kappa shape index (κ3) is 3.80. The van der Waals surface area contributed by atoms with Crippen molar-refractivity contribution < 1.29 is 25.2 Å². The van der Waals surface area contributed by atoms with Crippen LogP contribution >= 0.6 is 11.8 Å². The van der Waals surface area contributed by atoms with Gasteiger partial charge in [0.25, 0.3) is 0 Å². The highest BCUT2D eigenvalue weighted by atomic mass is 32.2. The van der Waals surface area contributed by atoms with Crippen molar-refractivity contribution in [3.8, 4) is 12.1 Å². The van der Waals surface area contributed by atoms with Crippen molar-refractivity contribution in [3.63, 3.8) is 0 Å². The summed E-state index contributed by atoms with van der Waals surface area (Å²) in [5.41, 5.74) is 5.91. The fourth-order valence-electron chi connectivity index (χ4n) is 3.79. The summed E-state index contributed by atoms with van der Waals surface area (Å²) in [7, 11) is 0. The summed E-state index contributed by atoms with van der Waals surface area (Å²) in [5, 5.41) is 64.4. The van der Waals surface area contributed by atoms with Crippen molar-refractivity contribution in [1.82, 2.24) is 5.32 Å². The lowest BCUT2D eigenvalue weighted by molar-refractivity contribution is -0.261. The van der Waals surface area contributed by atoms with Gasteiger partial charge in [-0.2, -0.15) is 10.5 Å². The first kappa shape index (κ1) is 22.1. The molecule has 9 nitrogen and oxygen atoms in total. The van der Waals surface area contributed by atoms with E-state index in [4.69, 9.17) is 10.5 Å². The molecule has 2 heterocycles. The van der Waals surface area contributed by atoms with Crippen LogP contribution in [0.2, 0.25) is 0 Å². The van der Waals surface area contributed by atoms with Crippen LogP contribution in [0.3, 0.4) is 0 Å². The fraction of sp³-hybridized carbons (Fsp3) is 0.273. The molecule has 0 spiro atoms. The van der Waals surface area contributed by atoms with Gasteiger partial charge >= 0.3 is 0 Å². The van der Waals surface area contributed by atoms with Gasteiger partial charge in [0.1, 0.15) is 29.6 Å². The second-order valence-electron chi connectivity index (χ2n) is 7.44. The molecule has 1 unspecified atom stereocenters. The molecule has 32 heavy (non-hydrogen) atoms. The summed E-state index contributed by atoms with van der Waals surface area (Å²) < 4.78 is 5.22. The number of nitrogens with two attached hydrogens (primary N) is 1. The summed E-state index contributed by atoms with van der Waals surface area (Å²) >= 11 is 0.829. The van der Waals surface area contributed by atoms with Crippen LogP contribution in [-0.2, 0) is 4.74 Å². The monoisotopic (exact) mass is 452 g/mol. The van der Waals surface area contributed by atoms with E-state index < -0.39 is 36.0 Å². The largest absolute Gasteiger partial charge is 0.387 e. The first-order valence-electron chi connectivity index (χ1n) is 9.69. The van der Waals surface area contributed by atoms with E-state index in [0.29, 0.717) is 5.56 Å². The lowest BCUT2D eigenvalue weighted by Gasteiger charge is -2.38. The Hall–Kier alpha value is -3.09. The lowest BCUT2D eigenvalue weighted by atomic mass is 9.83. The van der Waals surface area contributed by atoms with E-state index in [-0.39, 0.29) is 22.0 Å². The molecule has 2 aliphatic rings. The molecule has 0 bridgehead atoms. The van der Waals surface area contributed by atoms with Gasteiger partial charge in [-0.1, -0.05) is 54.2 Å². The molecule has 2 aliphatic heterocycles. The summed E-state index contributed by atoms with van der Waals surface area (Å²) in [6.45, 7) is 0. The maximum Gasteiger partial charge on any atom is 0.185 e. The molecular weight excluding hydrogens is 432 g/mol. The molecule has 1 fully saturated rings. The molecule has 0 aromatic heterocycles. The normalized spacial score (nSPS) is 30.6. The van der Waals surface area contributed by atoms with Crippen LogP contribution in [0.5, 0.6) is 0 Å². The zero-order valence-corrected chi connectivity index (χ0v) is 17.4. The summed E-state index contributed by atoms with van der Waals surface area (Å²) in [4.78, 5) is 0. The van der Waals surface area contributed by atoms with Crippen molar-refractivity contribution >= 4 is 22.5 Å². The standard InChI is InChI=1S/C22H20N4O5S/c23-8-13-15(12-6-5-10-3-1-2-4-11(10)7-12)14(9-24)20(26-19(13)25)32-22-18(29)16(27)17(28)21(30)31-22/h1-7,15-18,21-22,26-30H,25H2/t15?,16-,17+,18+,21-,22-/m0/s1. The quantitative estimate of drug-likeness (QED) is 0.383. The average molecular weight is 452 g/mol. The number of dihydropyridines is 1. The van der Waals surface area contributed by atoms with Gasteiger partial charge in [-0.15, -0.1) is 0 Å². The van der Waals surface area contributed by atoms with Crippen molar-refractivity contribution in [2.75, 3.05) is 0 Å². The smallest absolute Gasteiger partial charge is 0.185 e. The number of hydrogen-bond acceptors (Lipinski definition) is 10. The van der Waals surface area contributed by atoms with Gasteiger partial charge in [-0.05, 0) is 16.3 Å².